The predicted molar refractivity (Wildman–Crippen MR) is 155 cm³/mol. The molecule has 0 radical (unpaired) electrons. The van der Waals surface area contributed by atoms with Gasteiger partial charge in [-0.1, -0.05) is 52.9 Å². The zero-order valence-corrected chi connectivity index (χ0v) is 23.6. The smallest absolute Gasteiger partial charge is 0.308 e. The number of halogens is 1. The molecule has 0 aliphatic carbocycles. The Labute approximate surface area is 242 Å². The van der Waals surface area contributed by atoms with Crippen molar-refractivity contribution in [3.63, 3.8) is 0 Å². The molecule has 11 heteroatoms. The standard InChI is InChI=1S/C30H24FN3O5S2/c1-16-3-9-19(10-4-16)32-22(35)15-33-29-26(41-30(33)38)23(17-5-7-18(31)8-6-17)24-25(40-29)28(37)34(27(24)36)20-11-13-21(39-2)14-12-20/h3-14,23-25H,15H2,1-2H3,(H,32,35). The summed E-state index contributed by atoms with van der Waals surface area (Å²) in [6.07, 6.45) is 0. The van der Waals surface area contributed by atoms with E-state index in [1.54, 1.807) is 48.5 Å². The SMILES string of the molecule is COc1ccc(N2C(=O)C3Sc4c(sc(=O)n4CC(=O)Nc4ccc(C)cc4)C(c4ccc(F)cc4)C3C2=O)cc1. The van der Waals surface area contributed by atoms with Crippen LogP contribution in [0.15, 0.2) is 82.6 Å². The summed E-state index contributed by atoms with van der Waals surface area (Å²) in [4.78, 5) is 55.3. The molecular weight excluding hydrogens is 565 g/mol. The van der Waals surface area contributed by atoms with Crippen molar-refractivity contribution in [3.05, 3.63) is 104 Å². The molecule has 41 heavy (non-hydrogen) atoms. The van der Waals surface area contributed by atoms with Gasteiger partial charge in [-0.2, -0.15) is 0 Å². The van der Waals surface area contributed by atoms with Crippen LogP contribution >= 0.6 is 23.1 Å². The molecular formula is C30H24FN3O5S2. The Kier molecular flexibility index (Phi) is 7.00. The molecule has 1 N–H and O–H groups in total. The van der Waals surface area contributed by atoms with Gasteiger partial charge in [0.05, 0.1) is 23.7 Å². The number of anilines is 2. The molecule has 3 amide bonds. The summed E-state index contributed by atoms with van der Waals surface area (Å²) >= 11 is 2.07. The van der Waals surface area contributed by atoms with E-state index in [1.165, 1.54) is 28.7 Å². The average molecular weight is 590 g/mol. The zero-order chi connectivity index (χ0) is 28.8. The molecule has 4 aromatic rings. The Balaban J connectivity index is 1.39. The number of nitrogens with one attached hydrogen (secondary N) is 1. The maximum absolute atomic E-state index is 13.9. The number of hydrogen-bond acceptors (Lipinski definition) is 7. The number of aromatic nitrogens is 1. The third-order valence-electron chi connectivity index (χ3n) is 7.25. The van der Waals surface area contributed by atoms with E-state index in [1.807, 2.05) is 19.1 Å². The van der Waals surface area contributed by atoms with Crippen molar-refractivity contribution in [3.8, 4) is 5.75 Å². The van der Waals surface area contributed by atoms with Crippen LogP contribution in [0.2, 0.25) is 0 Å². The molecule has 1 aromatic heterocycles. The Morgan fingerprint density at radius 1 is 0.951 bits per heavy atom. The quantitative estimate of drug-likeness (QED) is 0.325. The first-order valence-corrected chi connectivity index (χ1v) is 14.5. The first-order chi connectivity index (χ1) is 19.7. The van der Waals surface area contributed by atoms with Crippen LogP contribution in [0.25, 0.3) is 0 Å². The van der Waals surface area contributed by atoms with Gasteiger partial charge in [0.15, 0.2) is 0 Å². The topological polar surface area (TPSA) is 97.7 Å². The van der Waals surface area contributed by atoms with Crippen LogP contribution in [0.1, 0.15) is 21.9 Å². The lowest BCUT2D eigenvalue weighted by atomic mass is 9.83. The Hall–Kier alpha value is -4.22. The molecule has 6 rings (SSSR count). The lowest BCUT2D eigenvalue weighted by molar-refractivity contribution is -0.122. The van der Waals surface area contributed by atoms with Gasteiger partial charge in [0, 0.05) is 16.5 Å². The molecule has 2 aliphatic heterocycles. The number of carbonyl (C=O) groups excluding carboxylic acids is 3. The van der Waals surface area contributed by atoms with Crippen molar-refractivity contribution in [1.29, 1.82) is 0 Å². The first-order valence-electron chi connectivity index (χ1n) is 12.8. The number of methoxy groups -OCH3 is 1. The van der Waals surface area contributed by atoms with E-state index < -0.39 is 40.6 Å². The number of fused-ring (bicyclic) bond motifs is 2. The van der Waals surface area contributed by atoms with Crippen molar-refractivity contribution in [1.82, 2.24) is 4.57 Å². The summed E-state index contributed by atoms with van der Waals surface area (Å²) in [5.41, 5.74) is 2.66. The van der Waals surface area contributed by atoms with E-state index >= 15 is 0 Å². The molecule has 1 saturated heterocycles. The molecule has 8 nitrogen and oxygen atoms in total. The number of aryl methyl sites for hydroxylation is 1. The van der Waals surface area contributed by atoms with E-state index in [0.717, 1.165) is 28.7 Å². The lowest BCUT2D eigenvalue weighted by Gasteiger charge is -2.30. The van der Waals surface area contributed by atoms with Crippen molar-refractivity contribution in [2.45, 2.75) is 29.7 Å². The number of hydrogen-bond donors (Lipinski definition) is 1. The normalized spacial score (nSPS) is 19.6. The summed E-state index contributed by atoms with van der Waals surface area (Å²) in [7, 11) is 1.53. The fraction of sp³-hybridized carbons (Fsp3) is 0.200. The van der Waals surface area contributed by atoms with Gasteiger partial charge in [0.25, 0.3) is 0 Å². The number of nitrogens with zero attached hydrogens (tertiary/aromatic N) is 2. The molecule has 0 saturated carbocycles. The van der Waals surface area contributed by atoms with E-state index in [9.17, 15) is 23.6 Å². The number of benzene rings is 3. The second-order valence-corrected chi connectivity index (χ2v) is 12.0. The molecule has 3 atom stereocenters. The van der Waals surface area contributed by atoms with Gasteiger partial charge in [-0.15, -0.1) is 0 Å². The second-order valence-electron chi connectivity index (χ2n) is 9.84. The summed E-state index contributed by atoms with van der Waals surface area (Å²) < 4.78 is 20.4. The van der Waals surface area contributed by atoms with Crippen LogP contribution in [0.5, 0.6) is 5.75 Å². The van der Waals surface area contributed by atoms with Gasteiger partial charge >= 0.3 is 4.87 Å². The molecule has 1 fully saturated rings. The highest BCUT2D eigenvalue weighted by atomic mass is 32.2. The maximum Gasteiger partial charge on any atom is 0.308 e. The van der Waals surface area contributed by atoms with Crippen molar-refractivity contribution >= 4 is 52.2 Å². The second kappa shape index (κ2) is 10.6. The number of amides is 3. The third kappa shape index (κ3) is 4.85. The Morgan fingerprint density at radius 3 is 2.29 bits per heavy atom. The van der Waals surface area contributed by atoms with Gasteiger partial charge < -0.3 is 10.1 Å². The summed E-state index contributed by atoms with van der Waals surface area (Å²) in [5, 5.41) is 2.43. The Bertz CT molecular complexity index is 1720. The van der Waals surface area contributed by atoms with Crippen LogP contribution in [-0.2, 0) is 20.9 Å². The van der Waals surface area contributed by atoms with Crippen molar-refractivity contribution < 1.29 is 23.5 Å². The average Bonchev–Trinajstić information content (AvgIpc) is 3.41. The zero-order valence-electron chi connectivity index (χ0n) is 22.0. The van der Waals surface area contributed by atoms with Gasteiger partial charge in [-0.3, -0.25) is 23.7 Å². The number of imide groups is 1. The predicted octanol–water partition coefficient (Wildman–Crippen LogP) is 4.80. The molecule has 0 spiro atoms. The molecule has 3 heterocycles. The van der Waals surface area contributed by atoms with Crippen LogP contribution in [0.4, 0.5) is 15.8 Å². The number of rotatable bonds is 6. The monoisotopic (exact) mass is 589 g/mol. The van der Waals surface area contributed by atoms with Crippen LogP contribution in [0.3, 0.4) is 0 Å². The van der Waals surface area contributed by atoms with Gasteiger partial charge in [0.1, 0.15) is 23.4 Å². The first kappa shape index (κ1) is 27.0. The minimum absolute atomic E-state index is 0.261. The third-order valence-corrected chi connectivity index (χ3v) is 9.85. The Morgan fingerprint density at radius 2 is 1.63 bits per heavy atom. The number of ether oxygens (including phenoxy) is 1. The highest BCUT2D eigenvalue weighted by Gasteiger charge is 2.56. The van der Waals surface area contributed by atoms with Gasteiger partial charge in [-0.25, -0.2) is 9.29 Å². The molecule has 3 aromatic carbocycles. The van der Waals surface area contributed by atoms with Gasteiger partial charge in [-0.05, 0) is 61.0 Å². The molecule has 0 bridgehead atoms. The molecule has 2 aliphatic rings. The lowest BCUT2D eigenvalue weighted by Crippen LogP contribution is -2.33. The fourth-order valence-electron chi connectivity index (χ4n) is 5.25. The van der Waals surface area contributed by atoms with Crippen LogP contribution in [-0.4, -0.2) is 34.6 Å². The van der Waals surface area contributed by atoms with E-state index in [4.69, 9.17) is 4.74 Å². The summed E-state index contributed by atoms with van der Waals surface area (Å²) in [5.74, 6) is -2.56. The summed E-state index contributed by atoms with van der Waals surface area (Å²) in [6.45, 7) is 1.68. The van der Waals surface area contributed by atoms with Crippen molar-refractivity contribution in [2.75, 3.05) is 17.3 Å². The maximum atomic E-state index is 13.9. The van der Waals surface area contributed by atoms with E-state index in [-0.39, 0.29) is 11.4 Å². The molecule has 3 unspecified atom stereocenters. The van der Waals surface area contributed by atoms with Gasteiger partial charge in [0.2, 0.25) is 17.7 Å². The highest BCUT2D eigenvalue weighted by molar-refractivity contribution is 8.00. The highest BCUT2D eigenvalue weighted by Crippen LogP contribution is 2.53. The molecule has 208 valence electrons. The van der Waals surface area contributed by atoms with E-state index in [0.29, 0.717) is 32.6 Å². The van der Waals surface area contributed by atoms with E-state index in [2.05, 4.69) is 5.32 Å². The summed E-state index contributed by atoms with van der Waals surface area (Å²) in [6, 6.07) is 19.7. The largest absolute Gasteiger partial charge is 0.497 e. The fourth-order valence-corrected chi connectivity index (χ4v) is 8.02. The van der Waals surface area contributed by atoms with Crippen molar-refractivity contribution in [2.24, 2.45) is 5.92 Å². The number of thioether (sulfide) groups is 1. The van der Waals surface area contributed by atoms with Crippen LogP contribution in [0, 0.1) is 18.7 Å². The minimum atomic E-state index is -0.840. The van der Waals surface area contributed by atoms with Crippen LogP contribution < -0.4 is 19.8 Å². The number of carbonyl (C=O) groups is 3. The minimum Gasteiger partial charge on any atom is -0.497 e. The number of thiazole rings is 1.